The number of likely N-dealkylation sites (tertiary alicyclic amines) is 1. The molecule has 3 nitrogen and oxygen atoms in total. The number of piperidine rings is 1. The molecular weight excluding hydrogens is 358 g/mol. The van der Waals surface area contributed by atoms with Gasteiger partial charge in [0, 0.05) is 29.0 Å². The minimum absolute atomic E-state index is 0.518. The summed E-state index contributed by atoms with van der Waals surface area (Å²) in [5.41, 5.74) is 3.83. The van der Waals surface area contributed by atoms with Crippen LogP contribution in [0.5, 0.6) is 0 Å². The van der Waals surface area contributed by atoms with Crippen molar-refractivity contribution in [3.63, 3.8) is 0 Å². The average molecular weight is 378 g/mol. The van der Waals surface area contributed by atoms with E-state index in [2.05, 4.69) is 48.1 Å². The number of thioether (sulfide) groups is 2. The molecule has 0 N–H and O–H groups in total. The van der Waals surface area contributed by atoms with Gasteiger partial charge in [0.05, 0.1) is 0 Å². The van der Waals surface area contributed by atoms with E-state index in [0.717, 1.165) is 35.4 Å². The van der Waals surface area contributed by atoms with E-state index in [1.165, 1.54) is 16.7 Å². The summed E-state index contributed by atoms with van der Waals surface area (Å²) >= 11 is 10.1. The van der Waals surface area contributed by atoms with Gasteiger partial charge >= 0.3 is 0 Å². The topological polar surface area (TPSA) is 29.0 Å². The van der Waals surface area contributed by atoms with Crippen LogP contribution in [0.4, 0.5) is 0 Å². The lowest BCUT2D eigenvalue weighted by atomic mass is 9.91. The molecular formula is C18H20ClN3S2. The van der Waals surface area contributed by atoms with Crippen LogP contribution in [0.1, 0.15) is 29.0 Å². The second-order valence-corrected chi connectivity index (χ2v) is 9.07. The van der Waals surface area contributed by atoms with E-state index in [0.29, 0.717) is 16.3 Å². The van der Waals surface area contributed by atoms with E-state index >= 15 is 0 Å². The number of nitrogens with zero attached hydrogens (tertiary/aromatic N) is 3. The molecule has 0 spiro atoms. The van der Waals surface area contributed by atoms with E-state index in [4.69, 9.17) is 16.6 Å². The van der Waals surface area contributed by atoms with Crippen molar-refractivity contribution in [2.75, 3.05) is 20.1 Å². The van der Waals surface area contributed by atoms with E-state index in [-0.39, 0.29) is 0 Å². The van der Waals surface area contributed by atoms with E-state index < -0.39 is 0 Å². The molecule has 4 rings (SSSR count). The summed E-state index contributed by atoms with van der Waals surface area (Å²) in [6.45, 7) is 4.37. The van der Waals surface area contributed by atoms with Gasteiger partial charge in [-0.15, -0.1) is 11.8 Å². The first-order valence-corrected chi connectivity index (χ1v) is 10.5. The van der Waals surface area contributed by atoms with Crippen molar-refractivity contribution in [2.45, 2.75) is 40.4 Å². The van der Waals surface area contributed by atoms with Crippen LogP contribution in [0, 0.1) is 6.92 Å². The van der Waals surface area contributed by atoms with E-state index in [1.54, 1.807) is 11.8 Å². The van der Waals surface area contributed by atoms with Crippen molar-refractivity contribution < 1.29 is 0 Å². The Morgan fingerprint density at radius 1 is 1.33 bits per heavy atom. The maximum Gasteiger partial charge on any atom is 0.190 e. The van der Waals surface area contributed by atoms with Crippen LogP contribution < -0.4 is 0 Å². The summed E-state index contributed by atoms with van der Waals surface area (Å²) in [7, 11) is 2.19. The number of hydrogen-bond donors (Lipinski definition) is 0. The van der Waals surface area contributed by atoms with Crippen LogP contribution in [0.3, 0.4) is 0 Å². The lowest BCUT2D eigenvalue weighted by Crippen LogP contribution is -2.36. The lowest BCUT2D eigenvalue weighted by molar-refractivity contribution is 0.264. The second-order valence-electron chi connectivity index (χ2n) is 6.54. The zero-order valence-corrected chi connectivity index (χ0v) is 16.2. The number of benzene rings is 1. The SMILES string of the molecule is Cc1ccccc1CSc1nc(Cl)c2c(n1)SC1CN(C)CCC21. The zero-order chi connectivity index (χ0) is 16.7. The number of aromatic nitrogens is 2. The Kier molecular flexibility index (Phi) is 4.78. The molecule has 2 atom stereocenters. The van der Waals surface area contributed by atoms with Crippen molar-refractivity contribution in [1.29, 1.82) is 0 Å². The predicted molar refractivity (Wildman–Crippen MR) is 102 cm³/mol. The molecule has 2 aliphatic heterocycles. The molecule has 0 amide bonds. The highest BCUT2D eigenvalue weighted by molar-refractivity contribution is 8.00. The highest BCUT2D eigenvalue weighted by Gasteiger charge is 2.40. The first-order chi connectivity index (χ1) is 11.6. The molecule has 1 aromatic carbocycles. The third-order valence-electron chi connectivity index (χ3n) is 4.86. The van der Waals surface area contributed by atoms with Crippen molar-refractivity contribution in [2.24, 2.45) is 0 Å². The van der Waals surface area contributed by atoms with E-state index in [9.17, 15) is 0 Å². The Labute approximate surface area is 156 Å². The van der Waals surface area contributed by atoms with Gasteiger partial charge in [-0.3, -0.25) is 0 Å². The smallest absolute Gasteiger partial charge is 0.190 e. The largest absolute Gasteiger partial charge is 0.305 e. The molecule has 1 fully saturated rings. The third-order valence-corrected chi connectivity index (χ3v) is 7.36. The minimum atomic E-state index is 0.518. The first-order valence-electron chi connectivity index (χ1n) is 8.22. The maximum atomic E-state index is 6.55. The van der Waals surface area contributed by atoms with Gasteiger partial charge in [-0.2, -0.15) is 0 Å². The summed E-state index contributed by atoms with van der Waals surface area (Å²) in [5, 5.41) is 3.13. The average Bonchev–Trinajstić information content (AvgIpc) is 2.91. The van der Waals surface area contributed by atoms with Crippen molar-refractivity contribution in [3.8, 4) is 0 Å². The molecule has 0 radical (unpaired) electrons. The molecule has 24 heavy (non-hydrogen) atoms. The predicted octanol–water partition coefficient (Wildman–Crippen LogP) is 4.62. The van der Waals surface area contributed by atoms with Crippen molar-refractivity contribution in [1.82, 2.24) is 14.9 Å². The van der Waals surface area contributed by atoms with Crippen LogP contribution in [0.2, 0.25) is 5.15 Å². The van der Waals surface area contributed by atoms with Gasteiger partial charge in [0.25, 0.3) is 0 Å². The molecule has 1 saturated heterocycles. The Balaban J connectivity index is 1.55. The summed E-state index contributed by atoms with van der Waals surface area (Å²) in [6.07, 6.45) is 1.15. The molecule has 2 aliphatic rings. The fourth-order valence-corrected chi connectivity index (χ4v) is 6.41. The van der Waals surface area contributed by atoms with Gasteiger partial charge in [0.2, 0.25) is 0 Å². The molecule has 126 valence electrons. The van der Waals surface area contributed by atoms with Crippen LogP contribution in [-0.4, -0.2) is 40.3 Å². The second kappa shape index (κ2) is 6.87. The monoisotopic (exact) mass is 377 g/mol. The highest BCUT2D eigenvalue weighted by Crippen LogP contribution is 2.50. The lowest BCUT2D eigenvalue weighted by Gasteiger charge is -2.31. The molecule has 0 saturated carbocycles. The minimum Gasteiger partial charge on any atom is -0.305 e. The Bertz CT molecular complexity index is 768. The first kappa shape index (κ1) is 16.7. The third kappa shape index (κ3) is 3.19. The number of rotatable bonds is 3. The van der Waals surface area contributed by atoms with Crippen LogP contribution in [-0.2, 0) is 5.75 Å². The van der Waals surface area contributed by atoms with Crippen LogP contribution in [0.25, 0.3) is 0 Å². The number of halogens is 1. The number of hydrogen-bond acceptors (Lipinski definition) is 5. The quantitative estimate of drug-likeness (QED) is 0.442. The molecule has 6 heteroatoms. The maximum absolute atomic E-state index is 6.55. The van der Waals surface area contributed by atoms with Gasteiger partial charge in [0.15, 0.2) is 5.16 Å². The summed E-state index contributed by atoms with van der Waals surface area (Å²) < 4.78 is 0. The molecule has 0 bridgehead atoms. The normalized spacial score (nSPS) is 23.1. The van der Waals surface area contributed by atoms with Gasteiger partial charge in [-0.05, 0) is 38.1 Å². The fraction of sp³-hybridized carbons (Fsp3) is 0.444. The van der Waals surface area contributed by atoms with Crippen LogP contribution >= 0.6 is 35.1 Å². The zero-order valence-electron chi connectivity index (χ0n) is 13.8. The molecule has 0 aliphatic carbocycles. The van der Waals surface area contributed by atoms with Crippen molar-refractivity contribution >= 4 is 35.1 Å². The molecule has 2 aromatic rings. The van der Waals surface area contributed by atoms with Gasteiger partial charge in [-0.1, -0.05) is 47.6 Å². The van der Waals surface area contributed by atoms with Gasteiger partial charge in [0.1, 0.15) is 10.2 Å². The standard InChI is InChI=1S/C18H20ClN3S2/c1-11-5-3-4-6-12(11)10-23-18-20-16(19)15-13-7-8-22(2)9-14(13)24-17(15)21-18/h3-6,13-14H,7-10H2,1-2H3. The summed E-state index contributed by atoms with van der Waals surface area (Å²) in [5.74, 6) is 1.39. The van der Waals surface area contributed by atoms with Gasteiger partial charge < -0.3 is 4.90 Å². The number of aryl methyl sites for hydroxylation is 1. The molecule has 3 heterocycles. The molecule has 2 unspecified atom stereocenters. The van der Waals surface area contributed by atoms with E-state index in [1.807, 2.05) is 11.8 Å². The fourth-order valence-electron chi connectivity index (χ4n) is 3.45. The Hall–Kier alpha value is -0.750. The summed E-state index contributed by atoms with van der Waals surface area (Å²) in [6, 6.07) is 8.46. The molecule has 1 aromatic heterocycles. The Morgan fingerprint density at radius 2 is 2.17 bits per heavy atom. The van der Waals surface area contributed by atoms with Crippen molar-refractivity contribution in [3.05, 3.63) is 46.1 Å². The summed E-state index contributed by atoms with van der Waals surface area (Å²) in [4.78, 5) is 11.8. The van der Waals surface area contributed by atoms with Crippen LogP contribution in [0.15, 0.2) is 34.4 Å². The number of fused-ring (bicyclic) bond motifs is 3. The Morgan fingerprint density at radius 3 is 3.00 bits per heavy atom. The van der Waals surface area contributed by atoms with Gasteiger partial charge in [-0.25, -0.2) is 9.97 Å². The highest BCUT2D eigenvalue weighted by atomic mass is 35.5.